The molecule has 4 nitrogen and oxygen atoms in total. The fraction of sp³-hybridized carbons (Fsp3) is 0.0476. The number of rotatable bonds is 5. The van der Waals surface area contributed by atoms with Crippen LogP contribution in [0.25, 0.3) is 16.7 Å². The van der Waals surface area contributed by atoms with Crippen LogP contribution in [0.5, 0.6) is 0 Å². The number of hydrogen-bond acceptors (Lipinski definition) is 3. The Morgan fingerprint density at radius 3 is 2.57 bits per heavy atom. The van der Waals surface area contributed by atoms with E-state index in [1.165, 1.54) is 11.8 Å². The fourth-order valence-electron chi connectivity index (χ4n) is 2.84. The van der Waals surface area contributed by atoms with Crippen molar-refractivity contribution in [2.24, 2.45) is 0 Å². The molecule has 1 amide bonds. The molecule has 0 bridgehead atoms. The lowest BCUT2D eigenvalue weighted by molar-refractivity contribution is -0.113. The van der Waals surface area contributed by atoms with Crippen molar-refractivity contribution in [1.29, 1.82) is 0 Å². The monoisotopic (exact) mass is 395 g/mol. The molecule has 0 fully saturated rings. The smallest absolute Gasteiger partial charge is 0.234 e. The van der Waals surface area contributed by atoms with E-state index >= 15 is 0 Å². The number of fused-ring (bicyclic) bond motifs is 1. The highest BCUT2D eigenvalue weighted by atomic mass is 32.2. The summed E-state index contributed by atoms with van der Waals surface area (Å²) in [4.78, 5) is 16.9. The first kappa shape index (κ1) is 18.2. The molecule has 140 valence electrons. The summed E-state index contributed by atoms with van der Waals surface area (Å²) in [7, 11) is 0. The number of benzene rings is 3. The molecule has 0 aliphatic carbocycles. The Morgan fingerprint density at radius 2 is 1.75 bits per heavy atom. The molecule has 0 saturated carbocycles. The van der Waals surface area contributed by atoms with Gasteiger partial charge in [0.25, 0.3) is 0 Å². The molecule has 0 radical (unpaired) electrons. The van der Waals surface area contributed by atoms with Gasteiger partial charge in [0, 0.05) is 11.8 Å². The van der Waals surface area contributed by atoms with Gasteiger partial charge >= 0.3 is 0 Å². The number of nitrogens with zero attached hydrogens (tertiary/aromatic N) is 2. The summed E-state index contributed by atoms with van der Waals surface area (Å²) in [5, 5.41) is 3.04. The second kappa shape index (κ2) is 7.82. The highest BCUT2D eigenvalue weighted by Crippen LogP contribution is 2.28. The van der Waals surface area contributed by atoms with E-state index in [0.29, 0.717) is 5.16 Å². The second-order valence-electron chi connectivity index (χ2n) is 6.02. The molecule has 0 atom stereocenters. The molecule has 0 saturated heterocycles. The van der Waals surface area contributed by atoms with E-state index in [2.05, 4.69) is 10.3 Å². The van der Waals surface area contributed by atoms with Gasteiger partial charge in [0.1, 0.15) is 11.6 Å². The number of carbonyl (C=O) groups excluding carboxylic acids is 1. The van der Waals surface area contributed by atoms with Gasteiger partial charge in [-0.2, -0.15) is 0 Å². The Balaban J connectivity index is 1.58. The minimum atomic E-state index is -0.684. The number of carbonyl (C=O) groups is 1. The van der Waals surface area contributed by atoms with Crippen LogP contribution in [0.2, 0.25) is 0 Å². The van der Waals surface area contributed by atoms with Crippen LogP contribution in [-0.2, 0) is 4.79 Å². The number of halogens is 2. The normalized spacial score (nSPS) is 10.9. The largest absolute Gasteiger partial charge is 0.323 e. The summed E-state index contributed by atoms with van der Waals surface area (Å²) in [6, 6.07) is 20.3. The SMILES string of the molecule is O=C(CSc1nc2ccccc2n1-c1ccccc1)Nc1cc(F)ccc1F. The number of hydrogen-bond donors (Lipinski definition) is 1. The maximum Gasteiger partial charge on any atom is 0.234 e. The van der Waals surface area contributed by atoms with E-state index in [4.69, 9.17) is 0 Å². The number of aromatic nitrogens is 2. The molecule has 4 aromatic rings. The Bertz CT molecular complexity index is 1150. The van der Waals surface area contributed by atoms with Crippen LogP contribution in [0.1, 0.15) is 0 Å². The zero-order valence-electron chi connectivity index (χ0n) is 14.6. The number of amides is 1. The molecule has 3 aromatic carbocycles. The van der Waals surface area contributed by atoms with Crippen LogP contribution in [0.4, 0.5) is 14.5 Å². The van der Waals surface area contributed by atoms with Gasteiger partial charge in [-0.3, -0.25) is 9.36 Å². The lowest BCUT2D eigenvalue weighted by Gasteiger charge is -2.09. The Hall–Kier alpha value is -3.19. The van der Waals surface area contributed by atoms with Gasteiger partial charge in [0.2, 0.25) is 5.91 Å². The molecule has 0 aliphatic heterocycles. The van der Waals surface area contributed by atoms with Gasteiger partial charge in [-0.15, -0.1) is 0 Å². The average Bonchev–Trinajstić information content (AvgIpc) is 3.08. The van der Waals surface area contributed by atoms with E-state index < -0.39 is 17.5 Å². The molecule has 1 heterocycles. The van der Waals surface area contributed by atoms with E-state index in [1.807, 2.05) is 59.2 Å². The summed E-state index contributed by atoms with van der Waals surface area (Å²) >= 11 is 1.23. The molecule has 1 aromatic heterocycles. The second-order valence-corrected chi connectivity index (χ2v) is 6.96. The van der Waals surface area contributed by atoms with Crippen LogP contribution in [-0.4, -0.2) is 21.2 Å². The van der Waals surface area contributed by atoms with Gasteiger partial charge in [0.15, 0.2) is 5.16 Å². The number of nitrogens with one attached hydrogen (secondary N) is 1. The maximum atomic E-state index is 13.7. The van der Waals surface area contributed by atoms with Gasteiger partial charge in [0.05, 0.1) is 22.5 Å². The molecule has 4 rings (SSSR count). The van der Waals surface area contributed by atoms with Crippen molar-refractivity contribution >= 4 is 34.4 Å². The lowest BCUT2D eigenvalue weighted by Crippen LogP contribution is -2.15. The van der Waals surface area contributed by atoms with Gasteiger partial charge in [-0.05, 0) is 36.4 Å². The minimum Gasteiger partial charge on any atom is -0.323 e. The summed E-state index contributed by atoms with van der Waals surface area (Å²) in [5.74, 6) is -1.74. The van der Waals surface area contributed by atoms with Crippen molar-refractivity contribution < 1.29 is 13.6 Å². The molecule has 7 heteroatoms. The minimum absolute atomic E-state index is 0.00606. The van der Waals surface area contributed by atoms with Crippen molar-refractivity contribution in [3.8, 4) is 5.69 Å². The van der Waals surface area contributed by atoms with E-state index in [-0.39, 0.29) is 11.4 Å². The zero-order chi connectivity index (χ0) is 19.5. The quantitative estimate of drug-likeness (QED) is 0.482. The first-order chi connectivity index (χ1) is 13.6. The van der Waals surface area contributed by atoms with Crippen LogP contribution >= 0.6 is 11.8 Å². The third kappa shape index (κ3) is 3.75. The van der Waals surface area contributed by atoms with Crippen molar-refractivity contribution in [1.82, 2.24) is 9.55 Å². The molecule has 0 aliphatic rings. The fourth-order valence-corrected chi connectivity index (χ4v) is 3.67. The van der Waals surface area contributed by atoms with Crippen molar-refractivity contribution in [3.63, 3.8) is 0 Å². The van der Waals surface area contributed by atoms with Gasteiger partial charge in [-0.25, -0.2) is 13.8 Å². The highest BCUT2D eigenvalue weighted by molar-refractivity contribution is 7.99. The van der Waals surface area contributed by atoms with Crippen LogP contribution in [0, 0.1) is 11.6 Å². The molecular formula is C21H15F2N3OS. The molecule has 0 unspecified atom stereocenters. The molecule has 0 spiro atoms. The van der Waals surface area contributed by atoms with Gasteiger partial charge < -0.3 is 5.32 Å². The predicted octanol–water partition coefficient (Wildman–Crippen LogP) is 5.03. The van der Waals surface area contributed by atoms with Crippen LogP contribution in [0.3, 0.4) is 0 Å². The van der Waals surface area contributed by atoms with E-state index in [9.17, 15) is 13.6 Å². The average molecular weight is 395 g/mol. The van der Waals surface area contributed by atoms with Crippen molar-refractivity contribution in [3.05, 3.63) is 84.4 Å². The zero-order valence-corrected chi connectivity index (χ0v) is 15.4. The molecule has 28 heavy (non-hydrogen) atoms. The lowest BCUT2D eigenvalue weighted by atomic mass is 10.3. The number of thioether (sulfide) groups is 1. The van der Waals surface area contributed by atoms with E-state index in [1.54, 1.807) is 0 Å². The predicted molar refractivity (Wildman–Crippen MR) is 107 cm³/mol. The van der Waals surface area contributed by atoms with Crippen LogP contribution < -0.4 is 5.32 Å². The summed E-state index contributed by atoms with van der Waals surface area (Å²) in [5.41, 5.74) is 2.48. The summed E-state index contributed by atoms with van der Waals surface area (Å²) in [6.45, 7) is 0. The third-order valence-electron chi connectivity index (χ3n) is 4.08. The standard InChI is InChI=1S/C21H15F2N3OS/c22-14-10-11-16(23)18(12-14)24-20(27)13-28-21-25-17-8-4-5-9-19(17)26(21)15-6-2-1-3-7-15/h1-12H,13H2,(H,24,27). The van der Waals surface area contributed by atoms with Crippen molar-refractivity contribution in [2.45, 2.75) is 5.16 Å². The van der Waals surface area contributed by atoms with E-state index in [0.717, 1.165) is 34.9 Å². The summed E-state index contributed by atoms with van der Waals surface area (Å²) in [6.07, 6.45) is 0. The molecule has 1 N–H and O–H groups in total. The summed E-state index contributed by atoms with van der Waals surface area (Å²) < 4.78 is 29.0. The number of imidazole rings is 1. The van der Waals surface area contributed by atoms with Crippen LogP contribution in [0.15, 0.2) is 78.0 Å². The number of para-hydroxylation sites is 3. The number of anilines is 1. The molecular weight excluding hydrogens is 380 g/mol. The Morgan fingerprint density at radius 1 is 1.00 bits per heavy atom. The topological polar surface area (TPSA) is 46.9 Å². The third-order valence-corrected chi connectivity index (χ3v) is 5.02. The van der Waals surface area contributed by atoms with Gasteiger partial charge in [-0.1, -0.05) is 42.1 Å². The first-order valence-electron chi connectivity index (χ1n) is 8.52. The highest BCUT2D eigenvalue weighted by Gasteiger charge is 2.15. The maximum absolute atomic E-state index is 13.7. The Labute approximate surface area is 164 Å². The first-order valence-corrected chi connectivity index (χ1v) is 9.51. The van der Waals surface area contributed by atoms with Crippen molar-refractivity contribution in [2.75, 3.05) is 11.1 Å². The Kier molecular flexibility index (Phi) is 5.08.